The number of rotatable bonds is 10. The monoisotopic (exact) mass is 682 g/mol. The van der Waals surface area contributed by atoms with Gasteiger partial charge in [0.15, 0.2) is 0 Å². The van der Waals surface area contributed by atoms with E-state index in [0.717, 1.165) is 0 Å². The second kappa shape index (κ2) is 15.6. The van der Waals surface area contributed by atoms with Gasteiger partial charge in [0.25, 0.3) is 0 Å². The fourth-order valence-electron chi connectivity index (χ4n) is 7.37. The Hall–Kier alpha value is -2.31. The summed E-state index contributed by atoms with van der Waals surface area (Å²) < 4.78 is 4.02. The number of fused-ring (bicyclic) bond motifs is 3. The zero-order chi connectivity index (χ0) is 28.2. The van der Waals surface area contributed by atoms with Crippen LogP contribution in [0.2, 0.25) is 0 Å². The summed E-state index contributed by atoms with van der Waals surface area (Å²) in [6.45, 7) is 7.11. The first-order valence-electron chi connectivity index (χ1n) is 15.7. The molecule has 6 rings (SSSR count). The van der Waals surface area contributed by atoms with E-state index >= 15 is 0 Å². The van der Waals surface area contributed by atoms with Gasteiger partial charge < -0.3 is 24.8 Å². The predicted octanol–water partition coefficient (Wildman–Crippen LogP) is 5.01. The zero-order valence-corrected chi connectivity index (χ0v) is 29.6. The first-order valence-corrected chi connectivity index (χ1v) is 19.6. The van der Waals surface area contributed by atoms with Gasteiger partial charge in [-0.25, -0.2) is 0 Å². The molecule has 0 heterocycles. The van der Waals surface area contributed by atoms with Gasteiger partial charge in [-0.1, -0.05) is 0 Å². The van der Waals surface area contributed by atoms with Gasteiger partial charge in [0, 0.05) is 0 Å². The van der Waals surface area contributed by atoms with Crippen LogP contribution in [0.1, 0.15) is 91.6 Å². The molecule has 0 amide bonds. The van der Waals surface area contributed by atoms with Gasteiger partial charge in [-0.05, 0) is 0 Å². The van der Waals surface area contributed by atoms with Crippen LogP contribution in [0.4, 0.5) is 0 Å². The minimum atomic E-state index is -2.72. The molecule has 43 heavy (non-hydrogen) atoms. The molecule has 0 N–H and O–H groups in total. The van der Waals surface area contributed by atoms with E-state index in [-0.39, 0.29) is 24.8 Å². The zero-order valence-electron chi connectivity index (χ0n) is 25.7. The average molecular weight is 685 g/mol. The molecule has 2 aliphatic carbocycles. The summed E-state index contributed by atoms with van der Waals surface area (Å²) in [6, 6.07) is 41.6. The molecule has 0 nitrogen and oxygen atoms in total. The molecule has 0 atom stereocenters. The molecule has 0 bridgehead atoms. The van der Waals surface area contributed by atoms with Crippen LogP contribution < -0.4 is 24.8 Å². The largest absolute Gasteiger partial charge is 1.00 e. The van der Waals surface area contributed by atoms with Crippen LogP contribution in [0.25, 0.3) is 11.1 Å². The van der Waals surface area contributed by atoms with Crippen molar-refractivity contribution in [1.82, 2.24) is 0 Å². The van der Waals surface area contributed by atoms with E-state index < -0.39 is 21.3 Å². The Kier molecular flexibility index (Phi) is 12.2. The van der Waals surface area contributed by atoms with Crippen molar-refractivity contribution >= 4 is 3.21 Å². The molecule has 0 radical (unpaired) electrons. The first-order chi connectivity index (χ1) is 20.3. The van der Waals surface area contributed by atoms with Crippen molar-refractivity contribution in [3.63, 3.8) is 0 Å². The summed E-state index contributed by atoms with van der Waals surface area (Å²) in [5.41, 5.74) is 14.2. The van der Waals surface area contributed by atoms with E-state index in [1.807, 2.05) is 3.28 Å². The maximum absolute atomic E-state index is 2.72. The Morgan fingerprint density at radius 3 is 1.49 bits per heavy atom. The van der Waals surface area contributed by atoms with E-state index in [1.165, 1.54) is 67.2 Å². The number of allylic oxidation sites excluding steroid dienone is 4. The van der Waals surface area contributed by atoms with E-state index in [4.69, 9.17) is 0 Å². The second-order valence-electron chi connectivity index (χ2n) is 11.6. The number of hydrogen-bond acceptors (Lipinski definition) is 0. The number of benzene rings is 4. The van der Waals surface area contributed by atoms with E-state index in [0.29, 0.717) is 3.63 Å². The maximum Gasteiger partial charge on any atom is -1.00 e. The molecular formula is C40H42Cl2Zr. The Labute approximate surface area is 279 Å². The van der Waals surface area contributed by atoms with Crippen LogP contribution in [-0.2, 0) is 21.3 Å². The number of hydrogen-bond donors (Lipinski definition) is 0. The van der Waals surface area contributed by atoms with Crippen molar-refractivity contribution in [2.45, 2.75) is 69.3 Å². The maximum atomic E-state index is 2.45. The standard InChI is InChI=1S/C14H23.C13H9.C13H10.2ClH.Zr/c1-4-7-12-10-11-13(8-5-2)14(12)9-6-3;1-3-7-12-10(5-1)9-11-6-2-4-8-13(11)12;1-3-7-12(8-4-1)11-13-9-5-2-6-10-13;;;/h4-10H2,1-3H3;1-9H;1-10H;2*1H;/q;;;;;+2/p-2. The number of halogens is 2. The van der Waals surface area contributed by atoms with Gasteiger partial charge >= 0.3 is 256 Å². The molecule has 2 aliphatic rings. The van der Waals surface area contributed by atoms with Crippen LogP contribution in [0.5, 0.6) is 0 Å². The van der Waals surface area contributed by atoms with Crippen molar-refractivity contribution in [2.75, 3.05) is 0 Å². The van der Waals surface area contributed by atoms with Crippen molar-refractivity contribution in [2.24, 2.45) is 0 Å². The van der Waals surface area contributed by atoms with Crippen LogP contribution in [0.3, 0.4) is 0 Å². The molecule has 0 fully saturated rings. The summed E-state index contributed by atoms with van der Waals surface area (Å²) >= 11 is -2.72. The van der Waals surface area contributed by atoms with E-state index in [1.54, 1.807) is 31.1 Å². The molecule has 0 unspecified atom stereocenters. The molecule has 4 aromatic rings. The topological polar surface area (TPSA) is 0 Å². The quantitative estimate of drug-likeness (QED) is 0.221. The van der Waals surface area contributed by atoms with Crippen LogP contribution in [-0.4, -0.2) is 3.21 Å². The van der Waals surface area contributed by atoms with E-state index in [2.05, 4.69) is 130 Å². The summed E-state index contributed by atoms with van der Waals surface area (Å²) in [7, 11) is 0. The van der Waals surface area contributed by atoms with Crippen LogP contribution in [0.15, 0.2) is 129 Å². The third-order valence-electron chi connectivity index (χ3n) is 8.94. The molecule has 0 spiro atoms. The smallest absolute Gasteiger partial charge is 1.00 e. The third-order valence-corrected chi connectivity index (χ3v) is 17.4. The van der Waals surface area contributed by atoms with Crippen molar-refractivity contribution in [1.29, 1.82) is 0 Å². The summed E-state index contributed by atoms with van der Waals surface area (Å²) in [5, 5.41) is 0. The van der Waals surface area contributed by atoms with Gasteiger partial charge in [-0.15, -0.1) is 0 Å². The average Bonchev–Trinajstić information content (AvgIpc) is 3.52. The Balaban J connectivity index is 0.00000212. The SMILES string of the molecule is CCCC1=C(CCC)C(CCC)=[C]([Zr+2](=[C](c2ccccc2)c2ccccc2)[CH]2c3ccccc3-c3ccccc32)C1.[Cl-].[Cl-]. The fraction of sp³-hybridized carbons (Fsp3) is 0.275. The van der Waals surface area contributed by atoms with Gasteiger partial charge in [-0.3, -0.25) is 0 Å². The third kappa shape index (κ3) is 6.56. The summed E-state index contributed by atoms with van der Waals surface area (Å²) in [5.74, 6) is 0. The van der Waals surface area contributed by atoms with Crippen LogP contribution >= 0.6 is 0 Å². The molecule has 0 aliphatic heterocycles. The Bertz CT molecular complexity index is 1540. The van der Waals surface area contributed by atoms with Crippen molar-refractivity contribution < 1.29 is 46.1 Å². The first kappa shape index (κ1) is 33.6. The van der Waals surface area contributed by atoms with E-state index in [9.17, 15) is 0 Å². The molecule has 0 saturated heterocycles. The Morgan fingerprint density at radius 2 is 1.00 bits per heavy atom. The molecule has 3 heteroatoms. The van der Waals surface area contributed by atoms with Gasteiger partial charge in [0.1, 0.15) is 0 Å². The fourth-order valence-corrected chi connectivity index (χ4v) is 17.3. The van der Waals surface area contributed by atoms with Gasteiger partial charge in [-0.2, -0.15) is 0 Å². The van der Waals surface area contributed by atoms with Crippen molar-refractivity contribution in [3.05, 3.63) is 151 Å². The normalized spacial score (nSPS) is 13.5. The van der Waals surface area contributed by atoms with Crippen molar-refractivity contribution in [3.8, 4) is 11.1 Å². The predicted molar refractivity (Wildman–Crippen MR) is 173 cm³/mol. The molecule has 4 aromatic carbocycles. The molecular weight excluding hydrogens is 643 g/mol. The van der Waals surface area contributed by atoms with Gasteiger partial charge in [0.2, 0.25) is 0 Å². The molecule has 0 saturated carbocycles. The Morgan fingerprint density at radius 1 is 0.558 bits per heavy atom. The van der Waals surface area contributed by atoms with Crippen LogP contribution in [0, 0.1) is 0 Å². The molecule has 220 valence electrons. The molecule has 0 aromatic heterocycles. The summed E-state index contributed by atoms with van der Waals surface area (Å²) in [4.78, 5) is 0. The van der Waals surface area contributed by atoms with Gasteiger partial charge in [0.05, 0.1) is 0 Å². The second-order valence-corrected chi connectivity index (χ2v) is 17.8. The minimum absolute atomic E-state index is 0. The minimum Gasteiger partial charge on any atom is -1.00 e. The summed E-state index contributed by atoms with van der Waals surface area (Å²) in [6.07, 6.45) is 8.57.